The Kier molecular flexibility index (Phi) is 16.5. The SMILES string of the molecule is C/C=C(\C=C/CO)c1ccccc1.CC.CCC. The van der Waals surface area contributed by atoms with Crippen LogP contribution in [0.15, 0.2) is 48.6 Å². The van der Waals surface area contributed by atoms with Crippen molar-refractivity contribution in [3.63, 3.8) is 0 Å². The van der Waals surface area contributed by atoms with Gasteiger partial charge in [-0.05, 0) is 18.1 Å². The number of aliphatic hydroxyl groups is 1. The smallest absolute Gasteiger partial charge is 0.0615 e. The van der Waals surface area contributed by atoms with Gasteiger partial charge in [0.05, 0.1) is 6.61 Å². The molecule has 0 atom stereocenters. The van der Waals surface area contributed by atoms with E-state index in [1.54, 1.807) is 6.08 Å². The molecule has 1 aromatic rings. The molecular weight excluding hydrogens is 220 g/mol. The highest BCUT2D eigenvalue weighted by atomic mass is 16.2. The first-order chi connectivity index (χ1) is 8.79. The van der Waals surface area contributed by atoms with E-state index >= 15 is 0 Å². The highest BCUT2D eigenvalue weighted by molar-refractivity contribution is 5.73. The average Bonchev–Trinajstić information content (AvgIpc) is 2.44. The zero-order chi connectivity index (χ0) is 14.2. The van der Waals surface area contributed by atoms with Crippen LogP contribution in [-0.2, 0) is 0 Å². The molecule has 102 valence electrons. The lowest BCUT2D eigenvalue weighted by atomic mass is 10.1. The van der Waals surface area contributed by atoms with Crippen molar-refractivity contribution in [1.82, 2.24) is 0 Å². The molecule has 0 aliphatic heterocycles. The van der Waals surface area contributed by atoms with Crippen LogP contribution >= 0.6 is 0 Å². The van der Waals surface area contributed by atoms with Crippen molar-refractivity contribution in [2.75, 3.05) is 6.61 Å². The third kappa shape index (κ3) is 9.86. The predicted octanol–water partition coefficient (Wildman–Crippen LogP) is 5.08. The summed E-state index contributed by atoms with van der Waals surface area (Å²) in [5, 5.41) is 8.64. The zero-order valence-electron chi connectivity index (χ0n) is 12.5. The summed E-state index contributed by atoms with van der Waals surface area (Å²) in [6, 6.07) is 10.1. The van der Waals surface area contributed by atoms with Crippen molar-refractivity contribution in [1.29, 1.82) is 0 Å². The highest BCUT2D eigenvalue weighted by Gasteiger charge is 1.93. The first kappa shape index (κ1) is 19.0. The standard InChI is InChI=1S/C12H14O.C3H8.C2H6/c1-2-11(9-6-10-13)12-7-4-3-5-8-12;1-3-2;1-2/h2-9,13H,10H2,1H3;3H2,1-2H3;1-2H3/b9-6-,11-2+;;. The van der Waals surface area contributed by atoms with Gasteiger partial charge >= 0.3 is 0 Å². The Balaban J connectivity index is 0. The summed E-state index contributed by atoms with van der Waals surface area (Å²) in [7, 11) is 0. The number of aliphatic hydroxyl groups excluding tert-OH is 1. The molecule has 0 saturated carbocycles. The second kappa shape index (κ2) is 15.7. The van der Waals surface area contributed by atoms with E-state index in [9.17, 15) is 0 Å². The first-order valence-electron chi connectivity index (χ1n) is 6.79. The van der Waals surface area contributed by atoms with Gasteiger partial charge in [0, 0.05) is 0 Å². The van der Waals surface area contributed by atoms with Crippen molar-refractivity contribution < 1.29 is 5.11 Å². The fourth-order valence-corrected chi connectivity index (χ4v) is 1.17. The molecule has 0 saturated heterocycles. The summed E-state index contributed by atoms with van der Waals surface area (Å²) in [6.07, 6.45) is 6.94. The van der Waals surface area contributed by atoms with Gasteiger partial charge in [-0.15, -0.1) is 0 Å². The Bertz CT molecular complexity index is 310. The Morgan fingerprint density at radius 2 is 1.61 bits per heavy atom. The van der Waals surface area contributed by atoms with E-state index in [1.807, 2.05) is 51.1 Å². The van der Waals surface area contributed by atoms with Crippen LogP contribution in [0, 0.1) is 0 Å². The summed E-state index contributed by atoms with van der Waals surface area (Å²) >= 11 is 0. The van der Waals surface area contributed by atoms with Crippen LogP contribution < -0.4 is 0 Å². The minimum Gasteiger partial charge on any atom is -0.392 e. The summed E-state index contributed by atoms with van der Waals surface area (Å²) in [6.45, 7) is 10.3. The fraction of sp³-hybridized carbons (Fsp3) is 0.412. The third-order valence-electron chi connectivity index (χ3n) is 1.82. The van der Waals surface area contributed by atoms with E-state index in [0.29, 0.717) is 0 Å². The van der Waals surface area contributed by atoms with Crippen LogP contribution in [0.5, 0.6) is 0 Å². The third-order valence-corrected chi connectivity index (χ3v) is 1.82. The van der Waals surface area contributed by atoms with Gasteiger partial charge in [-0.2, -0.15) is 0 Å². The quantitative estimate of drug-likeness (QED) is 0.739. The molecule has 0 radical (unpaired) electrons. The molecule has 0 spiro atoms. The van der Waals surface area contributed by atoms with Crippen molar-refractivity contribution in [3.05, 3.63) is 54.1 Å². The average molecular weight is 248 g/mol. The van der Waals surface area contributed by atoms with Gasteiger partial charge in [-0.1, -0.05) is 82.7 Å². The summed E-state index contributed by atoms with van der Waals surface area (Å²) in [4.78, 5) is 0. The molecule has 0 bridgehead atoms. The highest BCUT2D eigenvalue weighted by Crippen LogP contribution is 2.14. The van der Waals surface area contributed by atoms with Gasteiger partial charge in [0.1, 0.15) is 0 Å². The van der Waals surface area contributed by atoms with Gasteiger partial charge in [-0.3, -0.25) is 0 Å². The van der Waals surface area contributed by atoms with Crippen molar-refractivity contribution in [2.45, 2.75) is 41.0 Å². The lowest BCUT2D eigenvalue weighted by molar-refractivity contribution is 0.343. The van der Waals surface area contributed by atoms with Gasteiger partial charge in [-0.25, -0.2) is 0 Å². The first-order valence-corrected chi connectivity index (χ1v) is 6.79. The van der Waals surface area contributed by atoms with Gasteiger partial charge in [0.15, 0.2) is 0 Å². The van der Waals surface area contributed by atoms with E-state index in [0.717, 1.165) is 5.57 Å². The molecule has 1 rings (SSSR count). The lowest BCUT2D eigenvalue weighted by Gasteiger charge is -2.00. The normalized spacial score (nSPS) is 10.2. The molecule has 0 aliphatic carbocycles. The molecule has 0 unspecified atom stereocenters. The lowest BCUT2D eigenvalue weighted by Crippen LogP contribution is -1.80. The van der Waals surface area contributed by atoms with Gasteiger partial charge in [0.25, 0.3) is 0 Å². The van der Waals surface area contributed by atoms with Gasteiger partial charge in [0.2, 0.25) is 0 Å². The molecule has 1 N–H and O–H groups in total. The fourth-order valence-electron chi connectivity index (χ4n) is 1.17. The summed E-state index contributed by atoms with van der Waals surface area (Å²) in [5.41, 5.74) is 2.31. The van der Waals surface area contributed by atoms with Crippen LogP contribution in [0.25, 0.3) is 5.57 Å². The van der Waals surface area contributed by atoms with Crippen molar-refractivity contribution in [2.24, 2.45) is 0 Å². The molecular formula is C17H28O. The number of hydrogen-bond donors (Lipinski definition) is 1. The van der Waals surface area contributed by atoms with Crippen molar-refractivity contribution >= 4 is 5.57 Å². The second-order valence-corrected chi connectivity index (χ2v) is 3.40. The Hall–Kier alpha value is -1.34. The summed E-state index contributed by atoms with van der Waals surface area (Å²) < 4.78 is 0. The molecule has 1 heteroatoms. The van der Waals surface area contributed by atoms with Gasteiger partial charge < -0.3 is 5.11 Å². The molecule has 0 heterocycles. The maximum absolute atomic E-state index is 8.64. The molecule has 0 amide bonds. The minimum absolute atomic E-state index is 0.0875. The maximum atomic E-state index is 8.64. The molecule has 0 aliphatic rings. The number of rotatable bonds is 3. The summed E-state index contributed by atoms with van der Waals surface area (Å²) in [5.74, 6) is 0. The van der Waals surface area contributed by atoms with Crippen LogP contribution in [0.2, 0.25) is 0 Å². The van der Waals surface area contributed by atoms with Crippen LogP contribution in [0.4, 0.5) is 0 Å². The number of allylic oxidation sites excluding steroid dienone is 3. The van der Waals surface area contributed by atoms with Crippen LogP contribution in [0.3, 0.4) is 0 Å². The van der Waals surface area contributed by atoms with Crippen LogP contribution in [0.1, 0.15) is 46.6 Å². The molecule has 1 aromatic carbocycles. The predicted molar refractivity (Wildman–Crippen MR) is 83.6 cm³/mol. The van der Waals surface area contributed by atoms with E-state index in [1.165, 1.54) is 12.0 Å². The molecule has 18 heavy (non-hydrogen) atoms. The Morgan fingerprint density at radius 1 is 1.11 bits per heavy atom. The Morgan fingerprint density at radius 3 is 2.00 bits per heavy atom. The number of hydrogen-bond acceptors (Lipinski definition) is 1. The van der Waals surface area contributed by atoms with E-state index in [4.69, 9.17) is 5.11 Å². The topological polar surface area (TPSA) is 20.2 Å². The number of benzene rings is 1. The monoisotopic (exact) mass is 248 g/mol. The minimum atomic E-state index is 0.0875. The van der Waals surface area contributed by atoms with Crippen molar-refractivity contribution in [3.8, 4) is 0 Å². The maximum Gasteiger partial charge on any atom is 0.0615 e. The molecule has 0 fully saturated rings. The van der Waals surface area contributed by atoms with E-state index in [2.05, 4.69) is 26.0 Å². The largest absolute Gasteiger partial charge is 0.392 e. The second-order valence-electron chi connectivity index (χ2n) is 3.40. The van der Waals surface area contributed by atoms with E-state index < -0.39 is 0 Å². The van der Waals surface area contributed by atoms with E-state index in [-0.39, 0.29) is 6.61 Å². The Labute approximate surface area is 113 Å². The molecule has 0 aromatic heterocycles. The zero-order valence-corrected chi connectivity index (χ0v) is 12.5. The molecule has 1 nitrogen and oxygen atoms in total. The van der Waals surface area contributed by atoms with Crippen LogP contribution in [-0.4, -0.2) is 11.7 Å².